The SMILES string of the molecule is CS(=O)(=O)n1c(=O)n(CC(=O)N2CCN(c3cccc(Cl)c3)CC2)c2ccccc21. The molecular weight excluding hydrogens is 428 g/mol. The number of amides is 1. The molecule has 0 saturated carbocycles. The second kappa shape index (κ2) is 7.81. The molecule has 1 aliphatic rings. The molecule has 1 saturated heterocycles. The highest BCUT2D eigenvalue weighted by atomic mass is 35.5. The van der Waals surface area contributed by atoms with Crippen molar-refractivity contribution in [3.8, 4) is 0 Å². The average Bonchev–Trinajstić information content (AvgIpc) is 3.00. The van der Waals surface area contributed by atoms with Crippen LogP contribution in [0.2, 0.25) is 5.02 Å². The first-order valence-electron chi connectivity index (χ1n) is 9.45. The Morgan fingerprint density at radius 1 is 1.00 bits per heavy atom. The fourth-order valence-corrected chi connectivity index (χ4v) is 4.85. The maximum absolute atomic E-state index is 12.9. The van der Waals surface area contributed by atoms with E-state index in [1.54, 1.807) is 29.2 Å². The van der Waals surface area contributed by atoms with Crippen LogP contribution < -0.4 is 10.6 Å². The van der Waals surface area contributed by atoms with Gasteiger partial charge in [0.15, 0.2) is 0 Å². The molecule has 30 heavy (non-hydrogen) atoms. The van der Waals surface area contributed by atoms with Crippen LogP contribution in [0.25, 0.3) is 11.0 Å². The normalized spacial score (nSPS) is 15.0. The van der Waals surface area contributed by atoms with Crippen LogP contribution in [0.3, 0.4) is 0 Å². The highest BCUT2D eigenvalue weighted by Crippen LogP contribution is 2.21. The molecule has 0 spiro atoms. The number of hydrogen-bond acceptors (Lipinski definition) is 5. The lowest BCUT2D eigenvalue weighted by atomic mass is 10.2. The van der Waals surface area contributed by atoms with E-state index in [1.165, 1.54) is 4.57 Å². The first-order chi connectivity index (χ1) is 14.3. The topological polar surface area (TPSA) is 84.6 Å². The number of imidazole rings is 1. The number of halogens is 1. The molecule has 0 N–H and O–H groups in total. The molecule has 0 bridgehead atoms. The Labute approximate surface area is 178 Å². The summed E-state index contributed by atoms with van der Waals surface area (Å²) in [6, 6.07) is 14.1. The van der Waals surface area contributed by atoms with E-state index in [4.69, 9.17) is 11.6 Å². The van der Waals surface area contributed by atoms with E-state index in [2.05, 4.69) is 4.90 Å². The zero-order chi connectivity index (χ0) is 21.5. The lowest BCUT2D eigenvalue weighted by molar-refractivity contribution is -0.132. The van der Waals surface area contributed by atoms with Crippen LogP contribution in [-0.2, 0) is 21.4 Å². The highest BCUT2D eigenvalue weighted by Gasteiger charge is 2.25. The number of benzene rings is 2. The van der Waals surface area contributed by atoms with E-state index in [0.717, 1.165) is 15.9 Å². The van der Waals surface area contributed by atoms with Crippen molar-refractivity contribution in [2.75, 3.05) is 37.3 Å². The summed E-state index contributed by atoms with van der Waals surface area (Å²) in [6.45, 7) is 2.09. The van der Waals surface area contributed by atoms with Crippen molar-refractivity contribution >= 4 is 44.3 Å². The largest absolute Gasteiger partial charge is 0.368 e. The second-order valence-corrected chi connectivity index (χ2v) is 9.50. The van der Waals surface area contributed by atoms with Crippen molar-refractivity contribution < 1.29 is 13.2 Å². The molecular formula is C20H21ClN4O4S. The molecule has 1 fully saturated rings. The van der Waals surface area contributed by atoms with Crippen LogP contribution in [-0.4, -0.2) is 60.2 Å². The van der Waals surface area contributed by atoms with Crippen LogP contribution in [0.4, 0.5) is 5.69 Å². The first-order valence-corrected chi connectivity index (χ1v) is 11.7. The maximum atomic E-state index is 12.9. The van der Waals surface area contributed by atoms with Gasteiger partial charge in [-0.25, -0.2) is 13.2 Å². The molecule has 0 aliphatic carbocycles. The lowest BCUT2D eigenvalue weighted by Gasteiger charge is -2.36. The van der Waals surface area contributed by atoms with E-state index in [0.29, 0.717) is 36.7 Å². The molecule has 0 unspecified atom stereocenters. The zero-order valence-corrected chi connectivity index (χ0v) is 17.9. The standard InChI is InChI=1S/C20H21ClN4O4S/c1-30(28,29)25-18-8-3-2-7-17(18)24(20(25)27)14-19(26)23-11-9-22(10-12-23)16-6-4-5-15(21)13-16/h2-8,13H,9-12,14H2,1H3. The number of aromatic nitrogens is 2. The number of fused-ring (bicyclic) bond motifs is 1. The van der Waals surface area contributed by atoms with Gasteiger partial charge in [0.2, 0.25) is 15.9 Å². The van der Waals surface area contributed by atoms with Crippen molar-refractivity contribution in [2.45, 2.75) is 6.54 Å². The van der Waals surface area contributed by atoms with Gasteiger partial charge in [-0.1, -0.05) is 29.8 Å². The van der Waals surface area contributed by atoms with Crippen molar-refractivity contribution in [1.29, 1.82) is 0 Å². The van der Waals surface area contributed by atoms with E-state index < -0.39 is 15.7 Å². The lowest BCUT2D eigenvalue weighted by Crippen LogP contribution is -2.50. The first kappa shape index (κ1) is 20.5. The van der Waals surface area contributed by atoms with Gasteiger partial charge >= 0.3 is 5.69 Å². The van der Waals surface area contributed by atoms with Crippen LogP contribution in [0.5, 0.6) is 0 Å². The van der Waals surface area contributed by atoms with Crippen molar-refractivity contribution in [3.63, 3.8) is 0 Å². The fourth-order valence-electron chi connectivity index (χ4n) is 3.78. The molecule has 2 aromatic carbocycles. The molecule has 10 heteroatoms. The Morgan fingerprint density at radius 3 is 2.30 bits per heavy atom. The summed E-state index contributed by atoms with van der Waals surface area (Å²) in [5, 5.41) is 0.660. The molecule has 158 valence electrons. The van der Waals surface area contributed by atoms with Crippen LogP contribution in [0, 0.1) is 0 Å². The van der Waals surface area contributed by atoms with Crippen LogP contribution in [0.1, 0.15) is 0 Å². The van der Waals surface area contributed by atoms with E-state index in [9.17, 15) is 18.0 Å². The Bertz CT molecular complexity index is 1270. The Balaban J connectivity index is 1.54. The third-order valence-electron chi connectivity index (χ3n) is 5.23. The van der Waals surface area contributed by atoms with E-state index in [1.807, 2.05) is 24.3 Å². The summed E-state index contributed by atoms with van der Waals surface area (Å²) in [5.41, 5.74) is 0.953. The van der Waals surface area contributed by atoms with Gasteiger partial charge in [-0.3, -0.25) is 9.36 Å². The maximum Gasteiger partial charge on any atom is 0.343 e. The summed E-state index contributed by atoms with van der Waals surface area (Å²) in [6.07, 6.45) is 0.974. The number of carbonyl (C=O) groups excluding carboxylic acids is 1. The fraction of sp³-hybridized carbons (Fsp3) is 0.300. The predicted octanol–water partition coefficient (Wildman–Crippen LogP) is 1.61. The molecule has 1 aromatic heterocycles. The number of hydrogen-bond donors (Lipinski definition) is 0. The number of carbonyl (C=O) groups is 1. The minimum atomic E-state index is -3.80. The molecule has 3 aromatic rings. The van der Waals surface area contributed by atoms with E-state index in [-0.39, 0.29) is 18.0 Å². The minimum absolute atomic E-state index is 0.209. The predicted molar refractivity (Wildman–Crippen MR) is 117 cm³/mol. The summed E-state index contributed by atoms with van der Waals surface area (Å²) in [7, 11) is -3.80. The molecule has 4 rings (SSSR count). The highest BCUT2D eigenvalue weighted by molar-refractivity contribution is 7.89. The van der Waals surface area contributed by atoms with Crippen LogP contribution in [0.15, 0.2) is 53.3 Å². The van der Waals surface area contributed by atoms with Gasteiger partial charge in [-0.05, 0) is 30.3 Å². The van der Waals surface area contributed by atoms with Crippen LogP contribution >= 0.6 is 11.6 Å². The zero-order valence-electron chi connectivity index (χ0n) is 16.4. The smallest absolute Gasteiger partial charge is 0.343 e. The molecule has 2 heterocycles. The Morgan fingerprint density at radius 2 is 1.67 bits per heavy atom. The molecule has 1 aliphatic heterocycles. The third-order valence-corrected chi connectivity index (χ3v) is 6.48. The number of anilines is 1. The number of para-hydroxylation sites is 2. The molecule has 0 radical (unpaired) electrons. The Hall–Kier alpha value is -2.78. The molecule has 1 amide bonds. The van der Waals surface area contributed by atoms with Crippen molar-refractivity contribution in [2.24, 2.45) is 0 Å². The van der Waals surface area contributed by atoms with E-state index >= 15 is 0 Å². The summed E-state index contributed by atoms with van der Waals surface area (Å²) in [5.74, 6) is -0.223. The van der Waals surface area contributed by atoms with Crippen molar-refractivity contribution in [3.05, 3.63) is 64.0 Å². The quantitative estimate of drug-likeness (QED) is 0.605. The molecule has 8 nitrogen and oxygen atoms in total. The second-order valence-electron chi connectivity index (χ2n) is 7.23. The van der Waals surface area contributed by atoms with Gasteiger partial charge in [-0.2, -0.15) is 3.97 Å². The van der Waals surface area contributed by atoms with Gasteiger partial charge in [-0.15, -0.1) is 0 Å². The van der Waals surface area contributed by atoms with Gasteiger partial charge in [0.05, 0.1) is 17.3 Å². The third kappa shape index (κ3) is 3.82. The summed E-state index contributed by atoms with van der Waals surface area (Å²) in [4.78, 5) is 29.5. The van der Waals surface area contributed by atoms with Gasteiger partial charge in [0.1, 0.15) is 6.54 Å². The van der Waals surface area contributed by atoms with Gasteiger partial charge in [0.25, 0.3) is 0 Å². The number of piperazine rings is 1. The number of nitrogens with zero attached hydrogens (tertiary/aromatic N) is 4. The minimum Gasteiger partial charge on any atom is -0.368 e. The number of rotatable bonds is 4. The molecule has 0 atom stereocenters. The summed E-state index contributed by atoms with van der Waals surface area (Å²) < 4.78 is 26.2. The monoisotopic (exact) mass is 448 g/mol. The Kier molecular flexibility index (Phi) is 5.33. The van der Waals surface area contributed by atoms with Crippen molar-refractivity contribution in [1.82, 2.24) is 13.4 Å². The summed E-state index contributed by atoms with van der Waals surface area (Å²) >= 11 is 6.06. The average molecular weight is 449 g/mol. The van der Waals surface area contributed by atoms with Gasteiger partial charge in [0, 0.05) is 36.9 Å². The van der Waals surface area contributed by atoms with Gasteiger partial charge < -0.3 is 9.80 Å².